The summed E-state index contributed by atoms with van der Waals surface area (Å²) in [5.41, 5.74) is 2.85. The van der Waals surface area contributed by atoms with Gasteiger partial charge in [0, 0.05) is 26.6 Å². The second-order valence-electron chi connectivity index (χ2n) is 6.03. The molecule has 0 aliphatic rings. The molecular formula is C19H24N2O3S. The predicted octanol–water partition coefficient (Wildman–Crippen LogP) is 2.63. The van der Waals surface area contributed by atoms with Gasteiger partial charge in [0.1, 0.15) is 0 Å². The molecule has 25 heavy (non-hydrogen) atoms. The first-order valence-electron chi connectivity index (χ1n) is 8.16. The summed E-state index contributed by atoms with van der Waals surface area (Å²) in [6.45, 7) is 6.20. The number of hydrogen-bond acceptors (Lipinski definition) is 3. The van der Waals surface area contributed by atoms with Crippen LogP contribution in [0.5, 0.6) is 0 Å². The van der Waals surface area contributed by atoms with Crippen molar-refractivity contribution in [3.8, 4) is 0 Å². The van der Waals surface area contributed by atoms with Crippen molar-refractivity contribution in [2.75, 3.05) is 13.1 Å². The van der Waals surface area contributed by atoms with E-state index in [1.165, 1.54) is 6.92 Å². The second-order valence-corrected chi connectivity index (χ2v) is 7.77. The Hall–Kier alpha value is -2.18. The minimum Gasteiger partial charge on any atom is -0.337 e. The number of nitrogens with one attached hydrogen (secondary N) is 1. The zero-order chi connectivity index (χ0) is 18.4. The van der Waals surface area contributed by atoms with Gasteiger partial charge in [-0.3, -0.25) is 4.79 Å². The average molecular weight is 360 g/mol. The summed E-state index contributed by atoms with van der Waals surface area (Å²) in [6, 6.07) is 14.7. The van der Waals surface area contributed by atoms with Gasteiger partial charge in [-0.05, 0) is 36.6 Å². The van der Waals surface area contributed by atoms with Crippen molar-refractivity contribution in [2.45, 2.75) is 32.2 Å². The molecule has 134 valence electrons. The molecule has 0 unspecified atom stereocenters. The van der Waals surface area contributed by atoms with Crippen molar-refractivity contribution in [3.05, 3.63) is 65.2 Å². The first kappa shape index (κ1) is 19.1. The number of carbonyl (C=O) groups excluding carboxylic acids is 1. The Morgan fingerprint density at radius 2 is 1.60 bits per heavy atom. The number of sulfonamides is 1. The molecule has 1 N–H and O–H groups in total. The minimum atomic E-state index is -3.58. The Morgan fingerprint density at radius 1 is 1.00 bits per heavy atom. The smallest absolute Gasteiger partial charge is 0.240 e. The molecule has 2 rings (SSSR count). The number of benzene rings is 2. The number of hydrogen-bond donors (Lipinski definition) is 1. The zero-order valence-corrected chi connectivity index (χ0v) is 15.6. The summed E-state index contributed by atoms with van der Waals surface area (Å²) in [4.78, 5) is 13.8. The fourth-order valence-corrected chi connectivity index (χ4v) is 3.86. The summed E-state index contributed by atoms with van der Waals surface area (Å²) < 4.78 is 27.4. The number of amides is 1. The molecular weight excluding hydrogens is 336 g/mol. The molecule has 0 heterocycles. The van der Waals surface area contributed by atoms with Crippen molar-refractivity contribution in [3.63, 3.8) is 0 Å². The van der Waals surface area contributed by atoms with E-state index in [4.69, 9.17) is 0 Å². The number of nitrogens with zero attached hydrogens (tertiary/aromatic N) is 1. The van der Waals surface area contributed by atoms with Gasteiger partial charge in [-0.25, -0.2) is 13.1 Å². The molecule has 0 bridgehead atoms. The summed E-state index contributed by atoms with van der Waals surface area (Å²) in [5.74, 6) is -0.0849. The number of aryl methyl sites for hydroxylation is 2. The summed E-state index contributed by atoms with van der Waals surface area (Å²) in [7, 11) is -3.58. The maximum atomic E-state index is 12.4. The molecule has 0 radical (unpaired) electrons. The fourth-order valence-electron chi connectivity index (χ4n) is 2.59. The maximum absolute atomic E-state index is 12.4. The van der Waals surface area contributed by atoms with Gasteiger partial charge in [0.05, 0.1) is 4.90 Å². The van der Waals surface area contributed by atoms with E-state index >= 15 is 0 Å². The Bertz CT molecular complexity index is 847. The van der Waals surface area contributed by atoms with Crippen LogP contribution >= 0.6 is 0 Å². The van der Waals surface area contributed by atoms with Gasteiger partial charge in [-0.15, -0.1) is 0 Å². The van der Waals surface area contributed by atoms with Crippen LogP contribution in [0.3, 0.4) is 0 Å². The molecule has 0 aliphatic carbocycles. The van der Waals surface area contributed by atoms with E-state index in [0.29, 0.717) is 18.7 Å². The summed E-state index contributed by atoms with van der Waals surface area (Å²) in [6.07, 6.45) is 0. The third-order valence-electron chi connectivity index (χ3n) is 4.12. The molecule has 5 nitrogen and oxygen atoms in total. The molecule has 0 spiro atoms. The standard InChI is InChI=1S/C19H24N2O3S/c1-15-8-4-6-10-18(15)14-21(17(3)22)13-12-20-25(23,24)19-11-7-5-9-16(19)2/h4-11,20H,12-14H2,1-3H3. The van der Waals surface area contributed by atoms with Gasteiger partial charge in [0.15, 0.2) is 0 Å². The van der Waals surface area contributed by atoms with E-state index in [1.807, 2.05) is 31.2 Å². The quantitative estimate of drug-likeness (QED) is 0.825. The lowest BCUT2D eigenvalue weighted by molar-refractivity contribution is -0.129. The lowest BCUT2D eigenvalue weighted by atomic mass is 10.1. The molecule has 2 aromatic rings. The van der Waals surface area contributed by atoms with Crippen LogP contribution in [0, 0.1) is 13.8 Å². The van der Waals surface area contributed by atoms with Gasteiger partial charge in [-0.1, -0.05) is 42.5 Å². The Balaban J connectivity index is 2.01. The highest BCUT2D eigenvalue weighted by atomic mass is 32.2. The third-order valence-corrected chi connectivity index (χ3v) is 5.75. The molecule has 0 aliphatic heterocycles. The van der Waals surface area contributed by atoms with Crippen molar-refractivity contribution in [1.82, 2.24) is 9.62 Å². The SMILES string of the molecule is CC(=O)N(CCNS(=O)(=O)c1ccccc1C)Cc1ccccc1C. The molecule has 2 aromatic carbocycles. The molecule has 0 saturated carbocycles. The molecule has 0 saturated heterocycles. The Morgan fingerprint density at radius 3 is 2.20 bits per heavy atom. The Labute approximate surface area is 149 Å². The van der Waals surface area contributed by atoms with E-state index < -0.39 is 10.0 Å². The highest BCUT2D eigenvalue weighted by Crippen LogP contribution is 2.14. The predicted molar refractivity (Wildman–Crippen MR) is 98.6 cm³/mol. The molecule has 1 amide bonds. The second kappa shape index (κ2) is 8.27. The summed E-state index contributed by atoms with van der Waals surface area (Å²) in [5, 5.41) is 0. The van der Waals surface area contributed by atoms with Crippen molar-refractivity contribution in [1.29, 1.82) is 0 Å². The minimum absolute atomic E-state index is 0.0849. The highest BCUT2D eigenvalue weighted by molar-refractivity contribution is 7.89. The van der Waals surface area contributed by atoms with Crippen LogP contribution < -0.4 is 4.72 Å². The normalized spacial score (nSPS) is 11.3. The summed E-state index contributed by atoms with van der Waals surface area (Å²) >= 11 is 0. The highest BCUT2D eigenvalue weighted by Gasteiger charge is 2.17. The molecule has 6 heteroatoms. The monoisotopic (exact) mass is 360 g/mol. The van der Waals surface area contributed by atoms with Gasteiger partial charge < -0.3 is 4.90 Å². The average Bonchev–Trinajstić information content (AvgIpc) is 2.55. The van der Waals surface area contributed by atoms with Crippen LogP contribution in [-0.2, 0) is 21.4 Å². The van der Waals surface area contributed by atoms with Gasteiger partial charge in [-0.2, -0.15) is 0 Å². The fraction of sp³-hybridized carbons (Fsp3) is 0.316. The lowest BCUT2D eigenvalue weighted by Gasteiger charge is -2.22. The van der Waals surface area contributed by atoms with Crippen LogP contribution in [0.25, 0.3) is 0 Å². The van der Waals surface area contributed by atoms with E-state index in [-0.39, 0.29) is 17.3 Å². The molecule has 0 aromatic heterocycles. The van der Waals surface area contributed by atoms with Crippen LogP contribution in [0.15, 0.2) is 53.4 Å². The van der Waals surface area contributed by atoms with E-state index in [0.717, 1.165) is 11.1 Å². The van der Waals surface area contributed by atoms with Gasteiger partial charge in [0.2, 0.25) is 15.9 Å². The third kappa shape index (κ3) is 5.14. The molecule has 0 fully saturated rings. The first-order valence-corrected chi connectivity index (χ1v) is 9.65. The van der Waals surface area contributed by atoms with Gasteiger partial charge >= 0.3 is 0 Å². The lowest BCUT2D eigenvalue weighted by Crippen LogP contribution is -2.37. The van der Waals surface area contributed by atoms with Crippen molar-refractivity contribution < 1.29 is 13.2 Å². The topological polar surface area (TPSA) is 66.5 Å². The van der Waals surface area contributed by atoms with E-state index in [2.05, 4.69) is 4.72 Å². The van der Waals surface area contributed by atoms with Gasteiger partial charge in [0.25, 0.3) is 0 Å². The number of rotatable bonds is 7. The van der Waals surface area contributed by atoms with Crippen LogP contribution in [0.4, 0.5) is 0 Å². The molecule has 0 atom stereocenters. The Kier molecular flexibility index (Phi) is 6.33. The largest absolute Gasteiger partial charge is 0.337 e. The van der Waals surface area contributed by atoms with Crippen molar-refractivity contribution >= 4 is 15.9 Å². The van der Waals surface area contributed by atoms with E-state index in [9.17, 15) is 13.2 Å². The van der Waals surface area contributed by atoms with Crippen LogP contribution in [0.1, 0.15) is 23.6 Å². The first-order chi connectivity index (χ1) is 11.8. The number of carbonyl (C=O) groups is 1. The van der Waals surface area contributed by atoms with Crippen LogP contribution in [0.2, 0.25) is 0 Å². The van der Waals surface area contributed by atoms with Crippen molar-refractivity contribution in [2.24, 2.45) is 0 Å². The van der Waals surface area contributed by atoms with E-state index in [1.54, 1.807) is 36.1 Å². The zero-order valence-electron chi connectivity index (χ0n) is 14.8. The van der Waals surface area contributed by atoms with Crippen LogP contribution in [-0.4, -0.2) is 32.3 Å². The maximum Gasteiger partial charge on any atom is 0.240 e.